The first-order chi connectivity index (χ1) is 8.41. The molecule has 6 nitrogen and oxygen atoms in total. The summed E-state index contributed by atoms with van der Waals surface area (Å²) in [5, 5.41) is 12.0. The lowest BCUT2D eigenvalue weighted by molar-refractivity contribution is -0.118. The van der Waals surface area contributed by atoms with Gasteiger partial charge < -0.3 is 21.9 Å². The highest BCUT2D eigenvalue weighted by molar-refractivity contribution is 5.95. The fraction of sp³-hybridized carbons (Fsp3) is 0.333. The molecular formula is C12H17N3O3. The third kappa shape index (κ3) is 3.65. The van der Waals surface area contributed by atoms with Gasteiger partial charge in [-0.3, -0.25) is 4.79 Å². The molecule has 1 rings (SSSR count). The van der Waals surface area contributed by atoms with Crippen molar-refractivity contribution in [2.75, 3.05) is 17.6 Å². The Balaban J connectivity index is 2.72. The van der Waals surface area contributed by atoms with Gasteiger partial charge in [0.25, 0.3) is 0 Å². The minimum Gasteiger partial charge on any atom is -0.478 e. The summed E-state index contributed by atoms with van der Waals surface area (Å²) in [4.78, 5) is 21.5. The van der Waals surface area contributed by atoms with Crippen molar-refractivity contribution >= 4 is 23.3 Å². The van der Waals surface area contributed by atoms with Crippen molar-refractivity contribution in [2.24, 2.45) is 5.73 Å². The average Bonchev–Trinajstić information content (AvgIpc) is 2.28. The Bertz CT molecular complexity index is 472. The van der Waals surface area contributed by atoms with Crippen LogP contribution in [0.15, 0.2) is 12.1 Å². The molecule has 98 valence electrons. The van der Waals surface area contributed by atoms with E-state index in [1.54, 1.807) is 13.0 Å². The van der Waals surface area contributed by atoms with Gasteiger partial charge >= 0.3 is 5.97 Å². The first kappa shape index (κ1) is 13.8. The number of carboxylic acid groups (broad SMARTS) is 1. The average molecular weight is 251 g/mol. The molecule has 1 aromatic carbocycles. The van der Waals surface area contributed by atoms with Gasteiger partial charge in [-0.25, -0.2) is 4.79 Å². The minimum atomic E-state index is -1.06. The zero-order valence-electron chi connectivity index (χ0n) is 10.2. The molecule has 0 bridgehead atoms. The van der Waals surface area contributed by atoms with Crippen molar-refractivity contribution in [1.29, 1.82) is 0 Å². The van der Waals surface area contributed by atoms with Crippen molar-refractivity contribution in [2.45, 2.75) is 19.8 Å². The molecule has 0 heterocycles. The number of amides is 1. The SMILES string of the molecule is Cc1cc(NCCCC(N)=O)cc(C(=O)O)c1N. The van der Waals surface area contributed by atoms with Gasteiger partial charge in [-0.2, -0.15) is 0 Å². The molecule has 0 spiro atoms. The number of aryl methyl sites for hydroxylation is 1. The molecule has 0 fully saturated rings. The van der Waals surface area contributed by atoms with E-state index in [-0.39, 0.29) is 17.2 Å². The lowest BCUT2D eigenvalue weighted by Crippen LogP contribution is -2.13. The van der Waals surface area contributed by atoms with Crippen LogP contribution in [0.1, 0.15) is 28.8 Å². The zero-order chi connectivity index (χ0) is 13.7. The van der Waals surface area contributed by atoms with Crippen LogP contribution in [0, 0.1) is 6.92 Å². The highest BCUT2D eigenvalue weighted by atomic mass is 16.4. The highest BCUT2D eigenvalue weighted by Crippen LogP contribution is 2.22. The summed E-state index contributed by atoms with van der Waals surface area (Å²) in [5.41, 5.74) is 12.4. The van der Waals surface area contributed by atoms with Crippen molar-refractivity contribution in [3.8, 4) is 0 Å². The van der Waals surface area contributed by atoms with E-state index in [4.69, 9.17) is 16.6 Å². The van der Waals surface area contributed by atoms with E-state index in [0.717, 1.165) is 0 Å². The Kier molecular flexibility index (Phi) is 4.53. The lowest BCUT2D eigenvalue weighted by Gasteiger charge is -2.11. The van der Waals surface area contributed by atoms with Crippen molar-refractivity contribution in [3.05, 3.63) is 23.3 Å². The molecule has 0 saturated heterocycles. The van der Waals surface area contributed by atoms with Gasteiger partial charge in [-0.15, -0.1) is 0 Å². The maximum Gasteiger partial charge on any atom is 0.337 e. The Hall–Kier alpha value is -2.24. The Morgan fingerprint density at radius 3 is 2.61 bits per heavy atom. The second-order valence-corrected chi connectivity index (χ2v) is 4.06. The maximum atomic E-state index is 11.0. The van der Waals surface area contributed by atoms with Gasteiger partial charge in [0.15, 0.2) is 0 Å². The van der Waals surface area contributed by atoms with Crippen LogP contribution in [0.2, 0.25) is 0 Å². The predicted molar refractivity (Wildman–Crippen MR) is 69.5 cm³/mol. The summed E-state index contributed by atoms with van der Waals surface area (Å²) in [6, 6.07) is 3.25. The molecule has 0 saturated carbocycles. The number of hydrogen-bond acceptors (Lipinski definition) is 4. The Morgan fingerprint density at radius 1 is 1.39 bits per heavy atom. The number of carbonyl (C=O) groups excluding carboxylic acids is 1. The summed E-state index contributed by atoms with van der Waals surface area (Å²) >= 11 is 0. The van der Waals surface area contributed by atoms with Crippen LogP contribution in [0.5, 0.6) is 0 Å². The van der Waals surface area contributed by atoms with Crippen LogP contribution >= 0.6 is 0 Å². The number of carboxylic acids is 1. The summed E-state index contributed by atoms with van der Waals surface area (Å²) in [6.07, 6.45) is 0.897. The monoisotopic (exact) mass is 251 g/mol. The number of benzene rings is 1. The Labute approximate surface area is 105 Å². The van der Waals surface area contributed by atoms with E-state index in [2.05, 4.69) is 5.32 Å². The molecule has 6 N–H and O–H groups in total. The van der Waals surface area contributed by atoms with Crippen LogP contribution in [-0.2, 0) is 4.79 Å². The number of rotatable bonds is 6. The number of nitrogens with one attached hydrogen (secondary N) is 1. The van der Waals surface area contributed by atoms with Crippen LogP contribution in [0.25, 0.3) is 0 Å². The van der Waals surface area contributed by atoms with E-state index in [1.807, 2.05) is 0 Å². The van der Waals surface area contributed by atoms with Crippen LogP contribution in [0.3, 0.4) is 0 Å². The van der Waals surface area contributed by atoms with Crippen molar-refractivity contribution < 1.29 is 14.7 Å². The number of nitrogens with two attached hydrogens (primary N) is 2. The van der Waals surface area contributed by atoms with E-state index in [0.29, 0.717) is 30.6 Å². The molecule has 1 amide bonds. The fourth-order valence-corrected chi connectivity index (χ4v) is 1.57. The topological polar surface area (TPSA) is 118 Å². The molecule has 18 heavy (non-hydrogen) atoms. The number of primary amides is 1. The summed E-state index contributed by atoms with van der Waals surface area (Å²) < 4.78 is 0. The van der Waals surface area contributed by atoms with E-state index in [1.165, 1.54) is 6.07 Å². The van der Waals surface area contributed by atoms with Gasteiger partial charge in [0.1, 0.15) is 0 Å². The zero-order valence-corrected chi connectivity index (χ0v) is 10.2. The first-order valence-electron chi connectivity index (χ1n) is 5.57. The molecule has 0 aliphatic heterocycles. The minimum absolute atomic E-state index is 0.0763. The van der Waals surface area contributed by atoms with Gasteiger partial charge in [0, 0.05) is 24.3 Å². The first-order valence-corrected chi connectivity index (χ1v) is 5.57. The largest absolute Gasteiger partial charge is 0.478 e. The standard InChI is InChI=1S/C12H17N3O3/c1-7-5-8(15-4-2-3-10(13)16)6-9(11(7)14)12(17)18/h5-6,15H,2-4,14H2,1H3,(H2,13,16)(H,17,18). The number of nitrogen functional groups attached to an aromatic ring is 1. The van der Waals surface area contributed by atoms with E-state index in [9.17, 15) is 9.59 Å². The van der Waals surface area contributed by atoms with Gasteiger partial charge in [-0.05, 0) is 31.0 Å². The molecule has 0 aliphatic rings. The quantitative estimate of drug-likeness (QED) is 0.443. The second kappa shape index (κ2) is 5.90. The molecular weight excluding hydrogens is 234 g/mol. The smallest absolute Gasteiger partial charge is 0.337 e. The van der Waals surface area contributed by atoms with Crippen molar-refractivity contribution in [1.82, 2.24) is 0 Å². The molecule has 0 aromatic heterocycles. The summed E-state index contributed by atoms with van der Waals surface area (Å²) in [7, 11) is 0. The van der Waals surface area contributed by atoms with E-state index < -0.39 is 5.97 Å². The van der Waals surface area contributed by atoms with Crippen LogP contribution in [0.4, 0.5) is 11.4 Å². The third-order valence-electron chi connectivity index (χ3n) is 2.55. The molecule has 0 radical (unpaired) electrons. The predicted octanol–water partition coefficient (Wildman–Crippen LogP) is 0.953. The molecule has 1 aromatic rings. The van der Waals surface area contributed by atoms with E-state index >= 15 is 0 Å². The summed E-state index contributed by atoms with van der Waals surface area (Å²) in [6.45, 7) is 2.29. The molecule has 0 atom stereocenters. The lowest BCUT2D eigenvalue weighted by atomic mass is 10.1. The highest BCUT2D eigenvalue weighted by Gasteiger charge is 2.11. The van der Waals surface area contributed by atoms with Gasteiger partial charge in [-0.1, -0.05) is 0 Å². The van der Waals surface area contributed by atoms with Crippen LogP contribution in [-0.4, -0.2) is 23.5 Å². The number of aromatic carboxylic acids is 1. The molecule has 6 heteroatoms. The fourth-order valence-electron chi connectivity index (χ4n) is 1.57. The van der Waals surface area contributed by atoms with Crippen LogP contribution < -0.4 is 16.8 Å². The Morgan fingerprint density at radius 2 is 2.06 bits per heavy atom. The second-order valence-electron chi connectivity index (χ2n) is 4.06. The summed E-state index contributed by atoms with van der Waals surface area (Å²) in [5.74, 6) is -1.41. The van der Waals surface area contributed by atoms with Gasteiger partial charge in [0.2, 0.25) is 5.91 Å². The molecule has 0 unspecified atom stereocenters. The third-order valence-corrected chi connectivity index (χ3v) is 2.55. The van der Waals surface area contributed by atoms with Crippen molar-refractivity contribution in [3.63, 3.8) is 0 Å². The molecule has 0 aliphatic carbocycles. The van der Waals surface area contributed by atoms with Gasteiger partial charge in [0.05, 0.1) is 5.56 Å². The number of anilines is 2. The maximum absolute atomic E-state index is 11.0. The normalized spacial score (nSPS) is 10.1. The number of carbonyl (C=O) groups is 2. The number of hydrogen-bond donors (Lipinski definition) is 4.